The zero-order chi connectivity index (χ0) is 17.5. The Balaban J connectivity index is 2.03. The van der Waals surface area contributed by atoms with Crippen molar-refractivity contribution in [3.05, 3.63) is 70.8 Å². The number of hydrogen-bond acceptors (Lipinski definition) is 3. The van der Waals surface area contributed by atoms with Gasteiger partial charge in [0, 0.05) is 6.42 Å². The summed E-state index contributed by atoms with van der Waals surface area (Å²) < 4.78 is 0. The van der Waals surface area contributed by atoms with Crippen LogP contribution in [-0.2, 0) is 11.2 Å². The fourth-order valence-corrected chi connectivity index (χ4v) is 2.99. The Morgan fingerprint density at radius 1 is 1.00 bits per heavy atom. The smallest absolute Gasteiger partial charge is 0.330 e. The van der Waals surface area contributed by atoms with Gasteiger partial charge >= 0.3 is 5.97 Å². The third-order valence-electron chi connectivity index (χ3n) is 4.42. The van der Waals surface area contributed by atoms with Gasteiger partial charge in [-0.05, 0) is 31.5 Å². The molecule has 0 aliphatic carbocycles. The van der Waals surface area contributed by atoms with Gasteiger partial charge in [0.2, 0.25) is 0 Å². The van der Waals surface area contributed by atoms with Gasteiger partial charge in [-0.15, -0.1) is 0 Å². The minimum absolute atomic E-state index is 0.0497. The second-order valence-corrected chi connectivity index (χ2v) is 6.23. The molecule has 0 saturated heterocycles. The van der Waals surface area contributed by atoms with E-state index < -0.39 is 23.3 Å². The van der Waals surface area contributed by atoms with E-state index in [4.69, 9.17) is 0 Å². The van der Waals surface area contributed by atoms with Crippen LogP contribution in [0, 0.1) is 6.92 Å². The van der Waals surface area contributed by atoms with E-state index in [9.17, 15) is 19.5 Å². The predicted octanol–water partition coefficient (Wildman–Crippen LogP) is 2.68. The summed E-state index contributed by atoms with van der Waals surface area (Å²) in [6, 6.07) is 13.8. The summed E-state index contributed by atoms with van der Waals surface area (Å²) >= 11 is 0. The van der Waals surface area contributed by atoms with Gasteiger partial charge in [0.15, 0.2) is 0 Å². The van der Waals surface area contributed by atoms with Crippen LogP contribution in [0.15, 0.2) is 48.5 Å². The molecule has 5 heteroatoms. The molecular formula is C19H17NO4. The molecular weight excluding hydrogens is 306 g/mol. The number of rotatable bonds is 4. The second kappa shape index (κ2) is 5.60. The first-order valence-electron chi connectivity index (χ1n) is 7.61. The van der Waals surface area contributed by atoms with Crippen LogP contribution in [0.1, 0.15) is 38.8 Å². The molecule has 0 unspecified atom stereocenters. The largest absolute Gasteiger partial charge is 0.479 e. The molecule has 5 nitrogen and oxygen atoms in total. The normalized spacial score (nSPS) is 16.0. The van der Waals surface area contributed by atoms with Gasteiger partial charge in [-0.2, -0.15) is 0 Å². The van der Waals surface area contributed by atoms with Crippen LogP contribution in [0.25, 0.3) is 0 Å². The van der Waals surface area contributed by atoms with Crippen LogP contribution < -0.4 is 0 Å². The summed E-state index contributed by atoms with van der Waals surface area (Å²) in [6.07, 6.45) is 0.0497. The van der Waals surface area contributed by atoms with Crippen LogP contribution in [0.3, 0.4) is 0 Å². The van der Waals surface area contributed by atoms with Crippen molar-refractivity contribution in [2.24, 2.45) is 0 Å². The lowest BCUT2D eigenvalue weighted by atomic mass is 9.90. The number of aryl methyl sites for hydroxylation is 1. The number of amides is 2. The Morgan fingerprint density at radius 3 is 1.96 bits per heavy atom. The van der Waals surface area contributed by atoms with Gasteiger partial charge in [0.25, 0.3) is 11.8 Å². The highest BCUT2D eigenvalue weighted by molar-refractivity contribution is 6.23. The monoisotopic (exact) mass is 323 g/mol. The zero-order valence-electron chi connectivity index (χ0n) is 13.4. The van der Waals surface area contributed by atoms with E-state index >= 15 is 0 Å². The molecule has 1 aliphatic rings. The summed E-state index contributed by atoms with van der Waals surface area (Å²) in [6.45, 7) is 3.35. The molecule has 2 aromatic carbocycles. The highest BCUT2D eigenvalue weighted by Gasteiger charge is 2.50. The third-order valence-corrected chi connectivity index (χ3v) is 4.42. The number of carboxylic acids is 1. The van der Waals surface area contributed by atoms with Crippen molar-refractivity contribution in [2.75, 3.05) is 0 Å². The van der Waals surface area contributed by atoms with Crippen molar-refractivity contribution in [3.63, 3.8) is 0 Å². The Labute approximate surface area is 139 Å². The quantitative estimate of drug-likeness (QED) is 0.878. The van der Waals surface area contributed by atoms with Crippen molar-refractivity contribution in [2.45, 2.75) is 25.8 Å². The topological polar surface area (TPSA) is 74.7 Å². The van der Waals surface area contributed by atoms with Crippen molar-refractivity contribution in [1.29, 1.82) is 0 Å². The molecule has 2 amide bonds. The minimum Gasteiger partial charge on any atom is -0.479 e. The maximum Gasteiger partial charge on any atom is 0.330 e. The SMILES string of the molecule is Cc1ccc(C[C@@](C)(C(=O)O)N2C(=O)c3ccccc3C2=O)cc1. The molecule has 2 aromatic rings. The van der Waals surface area contributed by atoms with Gasteiger partial charge in [0.1, 0.15) is 5.54 Å². The number of carbonyl (C=O) groups is 3. The number of benzene rings is 2. The molecule has 0 bridgehead atoms. The molecule has 3 rings (SSSR count). The molecule has 0 saturated carbocycles. The number of carboxylic acid groups (broad SMARTS) is 1. The van der Waals surface area contributed by atoms with E-state index in [-0.39, 0.29) is 17.5 Å². The first-order valence-corrected chi connectivity index (χ1v) is 7.61. The first kappa shape index (κ1) is 15.9. The lowest BCUT2D eigenvalue weighted by Crippen LogP contribution is -2.56. The molecule has 0 spiro atoms. The summed E-state index contributed by atoms with van der Waals surface area (Å²) in [4.78, 5) is 38.1. The molecule has 1 heterocycles. The summed E-state index contributed by atoms with van der Waals surface area (Å²) in [5.74, 6) is -2.34. The maximum absolute atomic E-state index is 12.6. The van der Waals surface area contributed by atoms with Crippen LogP contribution in [-0.4, -0.2) is 33.3 Å². The number of nitrogens with zero attached hydrogens (tertiary/aromatic N) is 1. The lowest BCUT2D eigenvalue weighted by Gasteiger charge is -2.33. The standard InChI is InChI=1S/C19H17NO4/c1-12-7-9-13(10-8-12)11-19(2,18(23)24)20-16(21)14-5-3-4-6-15(14)17(20)22/h3-10H,11H2,1-2H3,(H,23,24)/t19-/m0/s1. The average Bonchev–Trinajstić information content (AvgIpc) is 2.82. The highest BCUT2D eigenvalue weighted by atomic mass is 16.4. The summed E-state index contributed by atoms with van der Waals surface area (Å²) in [7, 11) is 0. The molecule has 1 atom stereocenters. The highest BCUT2D eigenvalue weighted by Crippen LogP contribution is 2.32. The second-order valence-electron chi connectivity index (χ2n) is 6.23. The van der Waals surface area contributed by atoms with E-state index in [0.717, 1.165) is 16.0 Å². The van der Waals surface area contributed by atoms with E-state index in [1.165, 1.54) is 6.92 Å². The maximum atomic E-state index is 12.6. The Morgan fingerprint density at radius 2 is 1.50 bits per heavy atom. The molecule has 1 aliphatic heterocycles. The Kier molecular flexibility index (Phi) is 3.72. The molecule has 0 radical (unpaired) electrons. The van der Waals surface area contributed by atoms with Gasteiger partial charge in [-0.25, -0.2) is 4.79 Å². The van der Waals surface area contributed by atoms with Crippen molar-refractivity contribution < 1.29 is 19.5 Å². The van der Waals surface area contributed by atoms with Crippen LogP contribution in [0.2, 0.25) is 0 Å². The number of imide groups is 1. The van der Waals surface area contributed by atoms with E-state index in [1.54, 1.807) is 24.3 Å². The minimum atomic E-state index is -1.65. The Bertz CT molecular complexity index is 806. The van der Waals surface area contributed by atoms with E-state index in [2.05, 4.69) is 0 Å². The first-order chi connectivity index (χ1) is 11.3. The summed E-state index contributed by atoms with van der Waals surface area (Å²) in [5.41, 5.74) is 0.652. The van der Waals surface area contributed by atoms with Crippen molar-refractivity contribution >= 4 is 17.8 Å². The molecule has 122 valence electrons. The van der Waals surface area contributed by atoms with Gasteiger partial charge < -0.3 is 5.11 Å². The van der Waals surface area contributed by atoms with Crippen LogP contribution in [0.5, 0.6) is 0 Å². The van der Waals surface area contributed by atoms with Crippen molar-refractivity contribution in [1.82, 2.24) is 4.90 Å². The molecule has 0 fully saturated rings. The fraction of sp³-hybridized carbons (Fsp3) is 0.211. The predicted molar refractivity (Wildman–Crippen MR) is 87.9 cm³/mol. The van der Waals surface area contributed by atoms with Gasteiger partial charge in [-0.3, -0.25) is 14.5 Å². The number of aliphatic carboxylic acids is 1. The van der Waals surface area contributed by atoms with Gasteiger partial charge in [0.05, 0.1) is 11.1 Å². The van der Waals surface area contributed by atoms with E-state index in [0.29, 0.717) is 0 Å². The molecule has 24 heavy (non-hydrogen) atoms. The van der Waals surface area contributed by atoms with E-state index in [1.807, 2.05) is 31.2 Å². The van der Waals surface area contributed by atoms with Gasteiger partial charge in [-0.1, -0.05) is 42.0 Å². The number of hydrogen-bond donors (Lipinski definition) is 1. The Hall–Kier alpha value is -2.95. The summed E-state index contributed by atoms with van der Waals surface area (Å²) in [5, 5.41) is 9.78. The third kappa shape index (κ3) is 2.38. The fourth-order valence-electron chi connectivity index (χ4n) is 2.99. The van der Waals surface area contributed by atoms with Crippen LogP contribution >= 0.6 is 0 Å². The average molecular weight is 323 g/mol. The number of fused-ring (bicyclic) bond motifs is 1. The molecule has 1 N–H and O–H groups in total. The number of carbonyl (C=O) groups excluding carboxylic acids is 2. The zero-order valence-corrected chi connectivity index (χ0v) is 13.4. The molecule has 0 aromatic heterocycles. The lowest BCUT2D eigenvalue weighted by molar-refractivity contribution is -0.147. The van der Waals surface area contributed by atoms with Crippen LogP contribution in [0.4, 0.5) is 0 Å². The van der Waals surface area contributed by atoms with Crippen molar-refractivity contribution in [3.8, 4) is 0 Å².